The highest BCUT2D eigenvalue weighted by Gasteiger charge is 2.30. The standard InChI is InChI=1S/C26H35N3O3/c1-18-22(25(31)28-14-6-5-7-15-28)27-23(32-18)19-12-16-29(17-13-19)24(30)20-8-10-21(11-9-20)26(2,3)4/h8-11,19H,5-7,12-17H2,1-4H3. The van der Waals surface area contributed by atoms with Gasteiger partial charge in [-0.3, -0.25) is 9.59 Å². The number of nitrogens with zero attached hydrogens (tertiary/aromatic N) is 3. The number of hydrogen-bond acceptors (Lipinski definition) is 4. The molecule has 3 heterocycles. The third kappa shape index (κ3) is 4.74. The lowest BCUT2D eigenvalue weighted by Gasteiger charge is -2.31. The molecular weight excluding hydrogens is 402 g/mol. The largest absolute Gasteiger partial charge is 0.445 e. The summed E-state index contributed by atoms with van der Waals surface area (Å²) >= 11 is 0. The molecule has 0 radical (unpaired) electrons. The van der Waals surface area contributed by atoms with Crippen LogP contribution >= 0.6 is 0 Å². The van der Waals surface area contributed by atoms with Crippen LogP contribution in [0.3, 0.4) is 0 Å². The van der Waals surface area contributed by atoms with E-state index in [2.05, 4.69) is 37.9 Å². The third-order valence-electron chi connectivity index (χ3n) is 6.79. The number of rotatable bonds is 3. The van der Waals surface area contributed by atoms with E-state index in [0.29, 0.717) is 30.4 Å². The Kier molecular flexibility index (Phi) is 6.40. The molecule has 32 heavy (non-hydrogen) atoms. The summed E-state index contributed by atoms with van der Waals surface area (Å²) in [5, 5.41) is 0. The lowest BCUT2D eigenvalue weighted by atomic mass is 9.86. The van der Waals surface area contributed by atoms with Crippen molar-refractivity contribution in [2.75, 3.05) is 26.2 Å². The zero-order chi connectivity index (χ0) is 22.9. The quantitative estimate of drug-likeness (QED) is 0.683. The van der Waals surface area contributed by atoms with Crippen molar-refractivity contribution in [2.24, 2.45) is 0 Å². The summed E-state index contributed by atoms with van der Waals surface area (Å²) in [4.78, 5) is 34.2. The van der Waals surface area contributed by atoms with Crippen LogP contribution in [0.4, 0.5) is 0 Å². The first-order chi connectivity index (χ1) is 15.2. The van der Waals surface area contributed by atoms with Gasteiger partial charge in [0.25, 0.3) is 11.8 Å². The van der Waals surface area contributed by atoms with Crippen LogP contribution in [0.2, 0.25) is 0 Å². The van der Waals surface area contributed by atoms with Crippen molar-refractivity contribution in [2.45, 2.75) is 71.1 Å². The van der Waals surface area contributed by atoms with Crippen molar-refractivity contribution in [3.63, 3.8) is 0 Å². The number of aromatic nitrogens is 1. The second kappa shape index (κ2) is 9.08. The number of aryl methyl sites for hydroxylation is 1. The summed E-state index contributed by atoms with van der Waals surface area (Å²) in [7, 11) is 0. The predicted octanol–water partition coefficient (Wildman–Crippen LogP) is 4.93. The maximum atomic E-state index is 13.0. The fourth-order valence-corrected chi connectivity index (χ4v) is 4.66. The van der Waals surface area contributed by atoms with Gasteiger partial charge >= 0.3 is 0 Å². The second-order valence-corrected chi connectivity index (χ2v) is 10.2. The monoisotopic (exact) mass is 437 g/mol. The van der Waals surface area contributed by atoms with Crippen LogP contribution in [0.1, 0.15) is 96.9 Å². The van der Waals surface area contributed by atoms with Crippen molar-refractivity contribution < 1.29 is 14.0 Å². The van der Waals surface area contributed by atoms with E-state index in [1.54, 1.807) is 0 Å². The third-order valence-corrected chi connectivity index (χ3v) is 6.79. The molecule has 0 spiro atoms. The van der Waals surface area contributed by atoms with E-state index in [1.165, 1.54) is 12.0 Å². The number of oxazole rings is 1. The van der Waals surface area contributed by atoms with Crippen LogP contribution in [0.5, 0.6) is 0 Å². The summed E-state index contributed by atoms with van der Waals surface area (Å²) < 4.78 is 5.93. The Morgan fingerprint density at radius 1 is 0.906 bits per heavy atom. The minimum absolute atomic E-state index is 0.0106. The molecule has 6 heteroatoms. The van der Waals surface area contributed by atoms with Gasteiger partial charge in [-0.2, -0.15) is 0 Å². The van der Waals surface area contributed by atoms with Crippen LogP contribution in [0, 0.1) is 6.92 Å². The summed E-state index contributed by atoms with van der Waals surface area (Å²) in [6.45, 7) is 11.3. The molecule has 6 nitrogen and oxygen atoms in total. The zero-order valence-electron chi connectivity index (χ0n) is 19.8. The van der Waals surface area contributed by atoms with Gasteiger partial charge in [-0.1, -0.05) is 32.9 Å². The van der Waals surface area contributed by atoms with Gasteiger partial charge in [0.2, 0.25) is 0 Å². The fourth-order valence-electron chi connectivity index (χ4n) is 4.66. The maximum absolute atomic E-state index is 13.0. The van der Waals surface area contributed by atoms with E-state index < -0.39 is 0 Å². The number of benzene rings is 1. The number of amides is 2. The Balaban J connectivity index is 1.37. The van der Waals surface area contributed by atoms with E-state index in [1.807, 2.05) is 28.9 Å². The average Bonchev–Trinajstić information content (AvgIpc) is 3.20. The van der Waals surface area contributed by atoms with E-state index in [4.69, 9.17) is 4.42 Å². The number of carbonyl (C=O) groups is 2. The highest BCUT2D eigenvalue weighted by Crippen LogP contribution is 2.30. The minimum atomic E-state index is -0.0106. The molecule has 2 aromatic rings. The Bertz CT molecular complexity index is 957. The normalized spacial score (nSPS) is 18.1. The van der Waals surface area contributed by atoms with Crippen molar-refractivity contribution in [3.8, 4) is 0 Å². The molecule has 1 aromatic heterocycles. The summed E-state index contributed by atoms with van der Waals surface area (Å²) in [6, 6.07) is 7.97. The van der Waals surface area contributed by atoms with Crippen LogP contribution in [-0.4, -0.2) is 52.8 Å². The van der Waals surface area contributed by atoms with Crippen molar-refractivity contribution in [1.29, 1.82) is 0 Å². The van der Waals surface area contributed by atoms with Gasteiger partial charge in [0.15, 0.2) is 11.6 Å². The van der Waals surface area contributed by atoms with Crippen molar-refractivity contribution in [1.82, 2.24) is 14.8 Å². The van der Waals surface area contributed by atoms with Crippen LogP contribution < -0.4 is 0 Å². The van der Waals surface area contributed by atoms with Crippen molar-refractivity contribution in [3.05, 3.63) is 52.7 Å². The van der Waals surface area contributed by atoms with Gasteiger partial charge in [-0.15, -0.1) is 0 Å². The first-order valence-electron chi connectivity index (χ1n) is 11.9. The molecule has 0 aliphatic carbocycles. The van der Waals surface area contributed by atoms with Gasteiger partial charge in [0, 0.05) is 37.7 Å². The van der Waals surface area contributed by atoms with Gasteiger partial charge in [-0.05, 0) is 62.1 Å². The first kappa shape index (κ1) is 22.6. The van der Waals surface area contributed by atoms with Crippen LogP contribution in [0.25, 0.3) is 0 Å². The Morgan fingerprint density at radius 2 is 1.50 bits per heavy atom. The molecule has 2 aliphatic heterocycles. The molecule has 2 amide bonds. The predicted molar refractivity (Wildman–Crippen MR) is 124 cm³/mol. The molecule has 172 valence electrons. The van der Waals surface area contributed by atoms with E-state index in [9.17, 15) is 9.59 Å². The molecule has 2 fully saturated rings. The lowest BCUT2D eigenvalue weighted by molar-refractivity contribution is 0.0704. The average molecular weight is 438 g/mol. The summed E-state index contributed by atoms with van der Waals surface area (Å²) in [6.07, 6.45) is 4.89. The maximum Gasteiger partial charge on any atom is 0.276 e. The van der Waals surface area contributed by atoms with Gasteiger partial charge < -0.3 is 14.2 Å². The molecule has 4 rings (SSSR count). The zero-order valence-corrected chi connectivity index (χ0v) is 19.8. The molecule has 1 aromatic carbocycles. The number of hydrogen-bond donors (Lipinski definition) is 0. The van der Waals surface area contributed by atoms with E-state index >= 15 is 0 Å². The molecular formula is C26H35N3O3. The van der Waals surface area contributed by atoms with E-state index in [-0.39, 0.29) is 23.1 Å². The topological polar surface area (TPSA) is 66.7 Å². The summed E-state index contributed by atoms with van der Waals surface area (Å²) in [5.41, 5.74) is 2.49. The van der Waals surface area contributed by atoms with Gasteiger partial charge in [-0.25, -0.2) is 4.98 Å². The molecule has 0 unspecified atom stereocenters. The SMILES string of the molecule is Cc1oc(C2CCN(C(=O)c3ccc(C(C)(C)C)cc3)CC2)nc1C(=O)N1CCCCC1. The molecule has 2 saturated heterocycles. The van der Waals surface area contributed by atoms with Crippen LogP contribution in [-0.2, 0) is 5.41 Å². The number of likely N-dealkylation sites (tertiary alicyclic amines) is 2. The first-order valence-corrected chi connectivity index (χ1v) is 11.9. The Morgan fingerprint density at radius 3 is 2.09 bits per heavy atom. The highest BCUT2D eigenvalue weighted by atomic mass is 16.4. The fraction of sp³-hybridized carbons (Fsp3) is 0.577. The van der Waals surface area contributed by atoms with Crippen LogP contribution in [0.15, 0.2) is 28.7 Å². The number of carbonyl (C=O) groups excluding carboxylic acids is 2. The minimum Gasteiger partial charge on any atom is -0.445 e. The summed E-state index contributed by atoms with van der Waals surface area (Å²) in [5.74, 6) is 1.46. The lowest BCUT2D eigenvalue weighted by Crippen LogP contribution is -2.38. The van der Waals surface area contributed by atoms with Crippen molar-refractivity contribution >= 4 is 11.8 Å². The molecule has 0 atom stereocenters. The number of piperidine rings is 2. The van der Waals surface area contributed by atoms with E-state index in [0.717, 1.165) is 44.3 Å². The molecule has 0 N–H and O–H groups in total. The highest BCUT2D eigenvalue weighted by molar-refractivity contribution is 5.94. The second-order valence-electron chi connectivity index (χ2n) is 10.2. The smallest absolute Gasteiger partial charge is 0.276 e. The molecule has 0 bridgehead atoms. The van der Waals surface area contributed by atoms with Gasteiger partial charge in [0.05, 0.1) is 0 Å². The molecule has 0 saturated carbocycles. The molecule has 2 aliphatic rings. The Labute approximate surface area is 191 Å². The Hall–Kier alpha value is -2.63. The van der Waals surface area contributed by atoms with Gasteiger partial charge in [0.1, 0.15) is 5.76 Å².